The Kier molecular flexibility index (Phi) is 3.78. The summed E-state index contributed by atoms with van der Waals surface area (Å²) in [4.78, 5) is 4.49. The van der Waals surface area contributed by atoms with Crippen molar-refractivity contribution in [1.82, 2.24) is 15.1 Å². The molecule has 96 valence electrons. The normalized spacial score (nSPS) is 17.3. The fourth-order valence-electron chi connectivity index (χ4n) is 2.21. The predicted molar refractivity (Wildman–Crippen MR) is 70.5 cm³/mol. The molecule has 1 saturated heterocycles. The zero-order valence-electron chi connectivity index (χ0n) is 11.3. The van der Waals surface area contributed by atoms with Crippen LogP contribution in [0.4, 0.5) is 5.82 Å². The summed E-state index contributed by atoms with van der Waals surface area (Å²) in [6, 6.07) is 2.28. The average Bonchev–Trinajstić information content (AvgIpc) is 2.57. The van der Waals surface area contributed by atoms with Crippen LogP contribution in [0.15, 0.2) is 0 Å². The van der Waals surface area contributed by atoms with Crippen LogP contribution in [0, 0.1) is 25.2 Å². The van der Waals surface area contributed by atoms with Gasteiger partial charge in [-0.2, -0.15) is 10.4 Å². The zero-order chi connectivity index (χ0) is 13.1. The zero-order valence-corrected chi connectivity index (χ0v) is 11.3. The minimum Gasteiger partial charge on any atom is -0.353 e. The number of nitriles is 1. The SMILES string of the molecule is Cc1nnc(N2CCCN(C)CC2)c(C#N)c1C. The van der Waals surface area contributed by atoms with E-state index in [4.69, 9.17) is 0 Å². The van der Waals surface area contributed by atoms with Crippen molar-refractivity contribution in [2.45, 2.75) is 20.3 Å². The number of likely N-dealkylation sites (N-methyl/N-ethyl adjacent to an activating group) is 1. The van der Waals surface area contributed by atoms with Crippen LogP contribution in [-0.4, -0.2) is 48.3 Å². The minimum absolute atomic E-state index is 0.673. The molecule has 5 nitrogen and oxygen atoms in total. The lowest BCUT2D eigenvalue weighted by molar-refractivity contribution is 0.360. The molecule has 1 fully saturated rings. The van der Waals surface area contributed by atoms with Crippen LogP contribution < -0.4 is 4.90 Å². The maximum Gasteiger partial charge on any atom is 0.169 e. The highest BCUT2D eigenvalue weighted by Gasteiger charge is 2.19. The Balaban J connectivity index is 2.33. The summed E-state index contributed by atoms with van der Waals surface area (Å²) >= 11 is 0. The highest BCUT2D eigenvalue weighted by atomic mass is 15.3. The van der Waals surface area contributed by atoms with Crippen molar-refractivity contribution in [3.05, 3.63) is 16.8 Å². The second kappa shape index (κ2) is 5.32. The molecule has 18 heavy (non-hydrogen) atoms. The molecule has 0 unspecified atom stereocenters. The summed E-state index contributed by atoms with van der Waals surface area (Å²) in [5.41, 5.74) is 2.45. The van der Waals surface area contributed by atoms with Gasteiger partial charge in [-0.05, 0) is 39.4 Å². The molecular formula is C13H19N5. The number of aromatic nitrogens is 2. The molecule has 1 aromatic heterocycles. The molecule has 2 rings (SSSR count). The molecule has 0 aromatic carbocycles. The van der Waals surface area contributed by atoms with E-state index in [-0.39, 0.29) is 0 Å². The number of hydrogen-bond donors (Lipinski definition) is 0. The lowest BCUT2D eigenvalue weighted by Crippen LogP contribution is -2.30. The van der Waals surface area contributed by atoms with Gasteiger partial charge in [0.25, 0.3) is 0 Å². The van der Waals surface area contributed by atoms with E-state index in [1.807, 2.05) is 13.8 Å². The summed E-state index contributed by atoms with van der Waals surface area (Å²) in [6.07, 6.45) is 1.09. The molecule has 1 aliphatic rings. The summed E-state index contributed by atoms with van der Waals surface area (Å²) in [5.74, 6) is 0.746. The predicted octanol–water partition coefficient (Wildman–Crippen LogP) is 1.11. The van der Waals surface area contributed by atoms with Crippen molar-refractivity contribution < 1.29 is 0 Å². The van der Waals surface area contributed by atoms with Gasteiger partial charge in [-0.3, -0.25) is 0 Å². The average molecular weight is 245 g/mol. The first-order valence-electron chi connectivity index (χ1n) is 6.31. The molecule has 0 radical (unpaired) electrons. The molecule has 0 saturated carbocycles. The van der Waals surface area contributed by atoms with E-state index in [0.717, 1.165) is 49.7 Å². The Hall–Kier alpha value is -1.67. The van der Waals surface area contributed by atoms with Gasteiger partial charge in [0, 0.05) is 19.6 Å². The summed E-state index contributed by atoms with van der Waals surface area (Å²) in [7, 11) is 2.13. The third-order valence-electron chi connectivity index (χ3n) is 3.57. The van der Waals surface area contributed by atoms with Crippen molar-refractivity contribution in [3.63, 3.8) is 0 Å². The van der Waals surface area contributed by atoms with E-state index in [2.05, 4.69) is 33.1 Å². The molecule has 1 aliphatic heterocycles. The van der Waals surface area contributed by atoms with E-state index in [9.17, 15) is 5.26 Å². The van der Waals surface area contributed by atoms with Crippen LogP contribution in [0.5, 0.6) is 0 Å². The van der Waals surface area contributed by atoms with E-state index in [1.165, 1.54) is 0 Å². The van der Waals surface area contributed by atoms with E-state index < -0.39 is 0 Å². The van der Waals surface area contributed by atoms with Crippen LogP contribution in [0.1, 0.15) is 23.2 Å². The number of aryl methyl sites for hydroxylation is 1. The Bertz CT molecular complexity index is 477. The van der Waals surface area contributed by atoms with Gasteiger partial charge in [0.05, 0.1) is 5.69 Å². The molecule has 0 bridgehead atoms. The van der Waals surface area contributed by atoms with Crippen molar-refractivity contribution in [1.29, 1.82) is 5.26 Å². The van der Waals surface area contributed by atoms with Gasteiger partial charge in [-0.15, -0.1) is 5.10 Å². The number of hydrogen-bond acceptors (Lipinski definition) is 5. The molecule has 1 aromatic rings. The number of anilines is 1. The summed E-state index contributed by atoms with van der Waals surface area (Å²) in [6.45, 7) is 7.77. The van der Waals surface area contributed by atoms with Crippen LogP contribution in [-0.2, 0) is 0 Å². The molecule has 0 N–H and O–H groups in total. The van der Waals surface area contributed by atoms with Gasteiger partial charge in [0.15, 0.2) is 5.82 Å². The minimum atomic E-state index is 0.673. The van der Waals surface area contributed by atoms with Crippen LogP contribution in [0.2, 0.25) is 0 Å². The Morgan fingerprint density at radius 3 is 2.61 bits per heavy atom. The van der Waals surface area contributed by atoms with E-state index >= 15 is 0 Å². The van der Waals surface area contributed by atoms with Crippen LogP contribution >= 0.6 is 0 Å². The van der Waals surface area contributed by atoms with E-state index in [1.54, 1.807) is 0 Å². The third kappa shape index (κ3) is 2.44. The first kappa shape index (κ1) is 12.8. The van der Waals surface area contributed by atoms with Gasteiger partial charge in [0.1, 0.15) is 11.6 Å². The third-order valence-corrected chi connectivity index (χ3v) is 3.57. The topological polar surface area (TPSA) is 56.1 Å². The van der Waals surface area contributed by atoms with Gasteiger partial charge in [-0.1, -0.05) is 0 Å². The second-order valence-corrected chi connectivity index (χ2v) is 4.86. The maximum atomic E-state index is 9.32. The van der Waals surface area contributed by atoms with E-state index in [0.29, 0.717) is 5.56 Å². The van der Waals surface area contributed by atoms with Gasteiger partial charge < -0.3 is 9.80 Å². The molecule has 0 atom stereocenters. The molecule has 5 heteroatoms. The fourth-order valence-corrected chi connectivity index (χ4v) is 2.21. The highest BCUT2D eigenvalue weighted by molar-refractivity contribution is 5.57. The van der Waals surface area contributed by atoms with Crippen molar-refractivity contribution in [3.8, 4) is 6.07 Å². The lowest BCUT2D eigenvalue weighted by Gasteiger charge is -2.22. The second-order valence-electron chi connectivity index (χ2n) is 4.86. The Morgan fingerprint density at radius 2 is 1.89 bits per heavy atom. The molecule has 0 spiro atoms. The Morgan fingerprint density at radius 1 is 1.11 bits per heavy atom. The quantitative estimate of drug-likeness (QED) is 0.741. The maximum absolute atomic E-state index is 9.32. The highest BCUT2D eigenvalue weighted by Crippen LogP contribution is 2.22. The van der Waals surface area contributed by atoms with Crippen LogP contribution in [0.25, 0.3) is 0 Å². The van der Waals surface area contributed by atoms with Crippen molar-refractivity contribution in [2.24, 2.45) is 0 Å². The molecular weight excluding hydrogens is 226 g/mol. The molecule has 0 amide bonds. The summed E-state index contributed by atoms with van der Waals surface area (Å²) < 4.78 is 0. The van der Waals surface area contributed by atoms with Crippen molar-refractivity contribution >= 4 is 5.82 Å². The van der Waals surface area contributed by atoms with Gasteiger partial charge >= 0.3 is 0 Å². The largest absolute Gasteiger partial charge is 0.353 e. The van der Waals surface area contributed by atoms with Gasteiger partial charge in [0.2, 0.25) is 0 Å². The molecule has 0 aliphatic carbocycles. The standard InChI is InChI=1S/C13H19N5/c1-10-11(2)15-16-13(12(10)9-14)18-6-4-5-17(3)7-8-18/h4-8H2,1-3H3. The van der Waals surface area contributed by atoms with Crippen LogP contribution in [0.3, 0.4) is 0 Å². The fraction of sp³-hybridized carbons (Fsp3) is 0.615. The Labute approximate surface area is 108 Å². The number of rotatable bonds is 1. The summed E-state index contributed by atoms with van der Waals surface area (Å²) in [5, 5.41) is 17.7. The first-order chi connectivity index (χ1) is 8.63. The monoisotopic (exact) mass is 245 g/mol. The molecule has 2 heterocycles. The number of nitrogens with zero attached hydrogens (tertiary/aromatic N) is 5. The first-order valence-corrected chi connectivity index (χ1v) is 6.31. The smallest absolute Gasteiger partial charge is 0.169 e. The van der Waals surface area contributed by atoms with Gasteiger partial charge in [-0.25, -0.2) is 0 Å². The lowest BCUT2D eigenvalue weighted by atomic mass is 10.1. The van der Waals surface area contributed by atoms with Crippen molar-refractivity contribution in [2.75, 3.05) is 38.1 Å².